The summed E-state index contributed by atoms with van der Waals surface area (Å²) in [7, 11) is 0. The van der Waals surface area contributed by atoms with Gasteiger partial charge in [0, 0.05) is 29.8 Å². The van der Waals surface area contributed by atoms with Gasteiger partial charge in [-0.05, 0) is 24.4 Å². The van der Waals surface area contributed by atoms with E-state index in [1.165, 1.54) is 20.1 Å². The molecule has 0 bridgehead atoms. The number of pyridine rings is 1. The van der Waals surface area contributed by atoms with E-state index in [1.807, 2.05) is 0 Å². The number of hydrogen-bond donors (Lipinski definition) is 1. The summed E-state index contributed by atoms with van der Waals surface area (Å²) in [5.74, 6) is -4.62. The second-order valence-corrected chi connectivity index (χ2v) is 8.74. The van der Waals surface area contributed by atoms with E-state index in [4.69, 9.17) is 0 Å². The fourth-order valence-electron chi connectivity index (χ4n) is 3.63. The van der Waals surface area contributed by atoms with E-state index < -0.39 is 66.6 Å². The molecule has 0 spiro atoms. The van der Waals surface area contributed by atoms with Crippen molar-refractivity contribution in [3.8, 4) is 10.4 Å². The number of likely N-dealkylation sites (tertiary alicyclic amines) is 1. The van der Waals surface area contributed by atoms with Gasteiger partial charge in [-0.1, -0.05) is 6.92 Å². The standard InChI is InChI=1S/C20H18F7N4O2S.K.H2O/c1-3-12(20(25,26)27)29-13-4-10(17(21)22)11(6-28-13)16-15(30-14(7-32)34-16)18(33)31-8-19(23,24)5-9(31)2;;/h4,6,9,12,17H,3,5,8H2,1-2H3,(H,28,29);;1H2/q-1;+1;/p-1/t9-,12-;;/m0../s1. The zero-order valence-electron chi connectivity index (χ0n) is 19.2. The largest absolute Gasteiger partial charge is 1.00 e. The van der Waals surface area contributed by atoms with E-state index in [0.717, 1.165) is 11.1 Å². The quantitative estimate of drug-likeness (QED) is 0.312. The topological polar surface area (TPSA) is 105 Å². The van der Waals surface area contributed by atoms with Gasteiger partial charge in [0.1, 0.15) is 17.6 Å². The van der Waals surface area contributed by atoms with Crippen LogP contribution in [0.4, 0.5) is 36.6 Å². The van der Waals surface area contributed by atoms with Crippen LogP contribution in [0.1, 0.15) is 54.2 Å². The average Bonchev–Trinajstić information content (AvgIpc) is 3.30. The number of thiazole rings is 1. The first-order chi connectivity index (χ1) is 15.8. The number of hydrogen-bond acceptors (Lipinski definition) is 7. The van der Waals surface area contributed by atoms with Gasteiger partial charge in [-0.2, -0.15) is 13.2 Å². The average molecular weight is 568 g/mol. The number of anilines is 1. The van der Waals surface area contributed by atoms with Gasteiger partial charge < -0.3 is 20.5 Å². The van der Waals surface area contributed by atoms with Crippen molar-refractivity contribution in [3.05, 3.63) is 28.5 Å². The summed E-state index contributed by atoms with van der Waals surface area (Å²) in [5.41, 5.74) is -1.65. The number of aromatic nitrogens is 2. The predicted octanol–water partition coefficient (Wildman–Crippen LogP) is 2.05. The normalized spacial score (nSPS) is 17.8. The Bertz CT molecular complexity index is 1080. The van der Waals surface area contributed by atoms with Gasteiger partial charge >= 0.3 is 57.6 Å². The minimum atomic E-state index is -4.65. The summed E-state index contributed by atoms with van der Waals surface area (Å²) in [6, 6.07) is -2.21. The molecule has 2 aromatic rings. The zero-order chi connectivity index (χ0) is 25.4. The maximum absolute atomic E-state index is 13.9. The minimum absolute atomic E-state index is 0. The number of halogens is 7. The van der Waals surface area contributed by atoms with Gasteiger partial charge in [-0.15, -0.1) is 11.3 Å². The molecule has 1 fully saturated rings. The Kier molecular flexibility index (Phi) is 11.5. The first kappa shape index (κ1) is 32.9. The van der Waals surface area contributed by atoms with Crippen molar-refractivity contribution in [3.63, 3.8) is 0 Å². The van der Waals surface area contributed by atoms with E-state index in [-0.39, 0.29) is 78.7 Å². The van der Waals surface area contributed by atoms with Crippen LogP contribution < -0.4 is 56.7 Å². The van der Waals surface area contributed by atoms with Gasteiger partial charge in [0.25, 0.3) is 18.3 Å². The van der Waals surface area contributed by atoms with E-state index in [2.05, 4.69) is 15.3 Å². The zero-order valence-corrected chi connectivity index (χ0v) is 23.1. The Hall–Kier alpha value is -1.17. The molecule has 0 aliphatic carbocycles. The molecule has 2 N–H and O–H groups in total. The SMILES string of the molecule is CC[C@H](Nc1cc(C(F)F)c(-c2sc([C-]=O)nc2C(=O)N2CC(F)(F)C[C@@H]2C)cn1)C(F)(F)F.[K+].[OH-]. The molecular formula is C20H19F7KN4O3S-. The van der Waals surface area contributed by atoms with Gasteiger partial charge in [0.2, 0.25) is 0 Å². The number of alkyl halides is 7. The van der Waals surface area contributed by atoms with Crippen LogP contribution in [0, 0.1) is 0 Å². The second kappa shape index (κ2) is 12.6. The van der Waals surface area contributed by atoms with Crippen LogP contribution in [-0.2, 0) is 4.79 Å². The molecule has 0 radical (unpaired) electrons. The van der Waals surface area contributed by atoms with Gasteiger partial charge in [-0.3, -0.25) is 9.78 Å². The summed E-state index contributed by atoms with van der Waals surface area (Å²) in [6.45, 7) is 1.72. The molecule has 1 saturated heterocycles. The van der Waals surface area contributed by atoms with E-state index in [0.29, 0.717) is 17.4 Å². The fraction of sp³-hybridized carbons (Fsp3) is 0.500. The number of carbonyl (C=O) groups is 1. The van der Waals surface area contributed by atoms with Gasteiger partial charge in [0.05, 0.1) is 11.4 Å². The molecule has 0 saturated carbocycles. The van der Waals surface area contributed by atoms with Crippen LogP contribution in [0.2, 0.25) is 0 Å². The summed E-state index contributed by atoms with van der Waals surface area (Å²) in [5, 5.41) is 1.67. The summed E-state index contributed by atoms with van der Waals surface area (Å²) >= 11 is 0.517. The third-order valence-electron chi connectivity index (χ3n) is 5.25. The molecule has 0 aromatic carbocycles. The van der Waals surface area contributed by atoms with Crippen LogP contribution in [0.5, 0.6) is 0 Å². The number of carbonyl (C=O) groups excluding carboxylic acids is 2. The Morgan fingerprint density at radius 3 is 2.47 bits per heavy atom. The summed E-state index contributed by atoms with van der Waals surface area (Å²) in [6.07, 6.45) is -6.58. The molecule has 0 unspecified atom stereocenters. The Balaban J connectivity index is 0.00000324. The van der Waals surface area contributed by atoms with Crippen LogP contribution in [0.15, 0.2) is 12.3 Å². The van der Waals surface area contributed by atoms with Gasteiger partial charge in [-0.25, -0.2) is 28.8 Å². The van der Waals surface area contributed by atoms with Crippen LogP contribution in [-0.4, -0.2) is 63.3 Å². The molecule has 3 heterocycles. The monoisotopic (exact) mass is 567 g/mol. The molecule has 36 heavy (non-hydrogen) atoms. The third-order valence-corrected chi connectivity index (χ3v) is 6.23. The molecule has 7 nitrogen and oxygen atoms in total. The maximum Gasteiger partial charge on any atom is 1.00 e. The maximum atomic E-state index is 13.9. The summed E-state index contributed by atoms with van der Waals surface area (Å²) in [4.78, 5) is 32.2. The second-order valence-electron chi connectivity index (χ2n) is 7.75. The van der Waals surface area contributed by atoms with E-state index in [9.17, 15) is 40.3 Å². The number of rotatable bonds is 7. The van der Waals surface area contributed by atoms with Crippen molar-refractivity contribution in [1.29, 1.82) is 0 Å². The molecule has 3 rings (SSSR count). The van der Waals surface area contributed by atoms with Crippen molar-refractivity contribution in [1.82, 2.24) is 14.9 Å². The number of nitrogens with one attached hydrogen (secondary N) is 1. The molecule has 1 amide bonds. The molecule has 2 aromatic heterocycles. The molecule has 194 valence electrons. The van der Waals surface area contributed by atoms with Crippen LogP contribution in [0.3, 0.4) is 0 Å². The van der Waals surface area contributed by atoms with Crippen molar-refractivity contribution < 1.29 is 97.2 Å². The first-order valence-electron chi connectivity index (χ1n) is 9.97. The van der Waals surface area contributed by atoms with Crippen LogP contribution in [0.25, 0.3) is 10.4 Å². The van der Waals surface area contributed by atoms with Crippen molar-refractivity contribution in [2.24, 2.45) is 0 Å². The number of nitrogens with zero attached hydrogens (tertiary/aromatic N) is 3. The first-order valence-corrected chi connectivity index (χ1v) is 10.8. The Labute approximate surface area is 247 Å². The smallest absolute Gasteiger partial charge is 0.870 e. The number of amides is 1. The van der Waals surface area contributed by atoms with Crippen molar-refractivity contribution in [2.45, 2.75) is 57.3 Å². The molecule has 16 heteroatoms. The van der Waals surface area contributed by atoms with Gasteiger partial charge in [0.15, 0.2) is 0 Å². The van der Waals surface area contributed by atoms with E-state index >= 15 is 0 Å². The molecule has 1 aliphatic rings. The molecular weight excluding hydrogens is 548 g/mol. The molecule has 2 atom stereocenters. The van der Waals surface area contributed by atoms with Crippen molar-refractivity contribution >= 4 is 29.3 Å². The predicted molar refractivity (Wildman–Crippen MR) is 111 cm³/mol. The third kappa shape index (κ3) is 7.23. The van der Waals surface area contributed by atoms with E-state index in [1.54, 1.807) is 0 Å². The fourth-order valence-corrected chi connectivity index (χ4v) is 4.51. The van der Waals surface area contributed by atoms with Crippen molar-refractivity contribution in [2.75, 3.05) is 11.9 Å². The van der Waals surface area contributed by atoms with Crippen LogP contribution >= 0.6 is 11.3 Å². The minimum Gasteiger partial charge on any atom is -0.870 e. The molecule has 1 aliphatic heterocycles. The summed E-state index contributed by atoms with van der Waals surface area (Å²) < 4.78 is 94.4. The Morgan fingerprint density at radius 2 is 2.00 bits per heavy atom. The Morgan fingerprint density at radius 1 is 1.36 bits per heavy atom.